The van der Waals surface area contributed by atoms with Crippen LogP contribution in [0.1, 0.15) is 15.9 Å². The zero-order valence-corrected chi connectivity index (χ0v) is 13.1. The smallest absolute Gasteiger partial charge is 0.416 e. The van der Waals surface area contributed by atoms with E-state index in [0.29, 0.717) is 11.4 Å². The number of methoxy groups -OCH3 is 1. The van der Waals surface area contributed by atoms with Gasteiger partial charge in [0.2, 0.25) is 0 Å². The van der Waals surface area contributed by atoms with E-state index >= 15 is 0 Å². The highest BCUT2D eigenvalue weighted by Gasteiger charge is 2.30. The molecule has 2 aromatic carbocycles. The van der Waals surface area contributed by atoms with E-state index in [1.54, 1.807) is 24.3 Å². The maximum atomic E-state index is 12.5. The highest BCUT2D eigenvalue weighted by atomic mass is 19.4. The van der Waals surface area contributed by atoms with Gasteiger partial charge >= 0.3 is 12.1 Å². The first kappa shape index (κ1) is 18.3. The molecule has 1 N–H and O–H groups in total. The average Bonchev–Trinajstić information content (AvgIpc) is 2.59. The van der Waals surface area contributed by atoms with Crippen LogP contribution in [0.3, 0.4) is 0 Å². The summed E-state index contributed by atoms with van der Waals surface area (Å²) in [5.41, 5.74) is -0.470. The number of carbonyl (C=O) groups is 2. The number of ether oxygens (including phenoxy) is 2. The van der Waals surface area contributed by atoms with Crippen LogP contribution in [0, 0.1) is 0 Å². The van der Waals surface area contributed by atoms with Gasteiger partial charge in [-0.15, -0.1) is 0 Å². The molecule has 8 heteroatoms. The van der Waals surface area contributed by atoms with Gasteiger partial charge in [-0.25, -0.2) is 4.79 Å². The van der Waals surface area contributed by atoms with Crippen molar-refractivity contribution >= 4 is 17.6 Å². The van der Waals surface area contributed by atoms with Crippen LogP contribution in [-0.2, 0) is 15.7 Å². The van der Waals surface area contributed by atoms with E-state index in [1.807, 2.05) is 0 Å². The quantitative estimate of drug-likeness (QED) is 0.836. The molecule has 25 heavy (non-hydrogen) atoms. The molecular weight excluding hydrogens is 339 g/mol. The topological polar surface area (TPSA) is 64.6 Å². The second kappa shape index (κ2) is 7.69. The summed E-state index contributed by atoms with van der Waals surface area (Å²) in [6.45, 7) is -0.564. The maximum absolute atomic E-state index is 12.5. The van der Waals surface area contributed by atoms with Gasteiger partial charge in [0.1, 0.15) is 5.75 Å². The van der Waals surface area contributed by atoms with Crippen LogP contribution >= 0.6 is 0 Å². The Morgan fingerprint density at radius 2 is 1.60 bits per heavy atom. The third-order valence-corrected chi connectivity index (χ3v) is 3.16. The minimum Gasteiger partial charge on any atom is -0.497 e. The summed E-state index contributed by atoms with van der Waals surface area (Å²) in [5.74, 6) is -0.851. The molecule has 1 amide bonds. The van der Waals surface area contributed by atoms with Gasteiger partial charge in [0.25, 0.3) is 5.91 Å². The number of amides is 1. The molecule has 0 atom stereocenters. The second-order valence-electron chi connectivity index (χ2n) is 4.93. The maximum Gasteiger partial charge on any atom is 0.416 e. The SMILES string of the molecule is COc1ccc(NC(=O)COC(=O)c2ccc(C(F)(F)F)cc2)cc1. The van der Waals surface area contributed by atoms with Crippen LogP contribution in [0.25, 0.3) is 0 Å². The van der Waals surface area contributed by atoms with Gasteiger partial charge in [0.05, 0.1) is 18.2 Å². The van der Waals surface area contributed by atoms with Gasteiger partial charge in [-0.3, -0.25) is 4.79 Å². The summed E-state index contributed by atoms with van der Waals surface area (Å²) in [6.07, 6.45) is -4.49. The van der Waals surface area contributed by atoms with E-state index in [9.17, 15) is 22.8 Å². The Morgan fingerprint density at radius 3 is 2.12 bits per heavy atom. The Morgan fingerprint density at radius 1 is 1.00 bits per heavy atom. The first-order valence-corrected chi connectivity index (χ1v) is 7.08. The number of anilines is 1. The number of hydrogen-bond acceptors (Lipinski definition) is 4. The summed E-state index contributed by atoms with van der Waals surface area (Å²) in [6, 6.07) is 10.0. The van der Waals surface area contributed by atoms with Crippen molar-refractivity contribution in [2.45, 2.75) is 6.18 Å². The number of carbonyl (C=O) groups excluding carboxylic acids is 2. The number of hydrogen-bond donors (Lipinski definition) is 1. The minimum atomic E-state index is -4.49. The standard InChI is InChI=1S/C17H14F3NO4/c1-24-14-8-6-13(7-9-14)21-15(22)10-25-16(23)11-2-4-12(5-3-11)17(18,19)20/h2-9H,10H2,1H3,(H,21,22). The molecule has 2 rings (SSSR count). The number of esters is 1. The molecule has 0 heterocycles. The predicted octanol–water partition coefficient (Wildman–Crippen LogP) is 3.51. The Kier molecular flexibility index (Phi) is 5.63. The number of nitrogens with one attached hydrogen (secondary N) is 1. The van der Waals surface area contributed by atoms with Crippen molar-refractivity contribution in [2.24, 2.45) is 0 Å². The van der Waals surface area contributed by atoms with Gasteiger partial charge in [-0.2, -0.15) is 13.2 Å². The molecule has 0 saturated heterocycles. The molecular formula is C17H14F3NO4. The van der Waals surface area contributed by atoms with Crippen molar-refractivity contribution in [3.63, 3.8) is 0 Å². The van der Waals surface area contributed by atoms with Gasteiger partial charge < -0.3 is 14.8 Å². The van der Waals surface area contributed by atoms with Crippen LogP contribution in [-0.4, -0.2) is 25.6 Å². The Hall–Kier alpha value is -3.03. The number of halogens is 3. The fraction of sp³-hybridized carbons (Fsp3) is 0.176. The zero-order valence-electron chi connectivity index (χ0n) is 13.1. The summed E-state index contributed by atoms with van der Waals surface area (Å²) < 4.78 is 47.1. The van der Waals surface area contributed by atoms with Crippen molar-refractivity contribution in [1.82, 2.24) is 0 Å². The number of rotatable bonds is 5. The molecule has 0 aromatic heterocycles. The zero-order chi connectivity index (χ0) is 18.4. The van der Waals surface area contributed by atoms with Gasteiger partial charge in [-0.05, 0) is 48.5 Å². The molecule has 0 spiro atoms. The van der Waals surface area contributed by atoms with Gasteiger partial charge in [0, 0.05) is 5.69 Å². The molecule has 5 nitrogen and oxygen atoms in total. The van der Waals surface area contributed by atoms with E-state index in [2.05, 4.69) is 5.32 Å². The second-order valence-corrected chi connectivity index (χ2v) is 4.93. The van der Waals surface area contributed by atoms with Gasteiger partial charge in [-0.1, -0.05) is 0 Å². The van der Waals surface area contributed by atoms with Crippen molar-refractivity contribution in [2.75, 3.05) is 19.0 Å². The number of alkyl halides is 3. The van der Waals surface area contributed by atoms with Crippen molar-refractivity contribution in [1.29, 1.82) is 0 Å². The van der Waals surface area contributed by atoms with E-state index in [-0.39, 0.29) is 5.56 Å². The van der Waals surface area contributed by atoms with E-state index in [1.165, 1.54) is 7.11 Å². The molecule has 0 bridgehead atoms. The summed E-state index contributed by atoms with van der Waals surface area (Å²) in [5, 5.41) is 2.51. The van der Waals surface area contributed by atoms with Crippen molar-refractivity contribution in [3.8, 4) is 5.75 Å². The molecule has 0 aliphatic heterocycles. The molecule has 0 aliphatic rings. The van der Waals surface area contributed by atoms with E-state index in [0.717, 1.165) is 24.3 Å². The molecule has 2 aromatic rings. The lowest BCUT2D eigenvalue weighted by Gasteiger charge is -2.09. The van der Waals surface area contributed by atoms with Crippen LogP contribution in [0.4, 0.5) is 18.9 Å². The van der Waals surface area contributed by atoms with Crippen LogP contribution in [0.5, 0.6) is 5.75 Å². The molecule has 132 valence electrons. The van der Waals surface area contributed by atoms with E-state index < -0.39 is 30.2 Å². The Balaban J connectivity index is 1.87. The van der Waals surface area contributed by atoms with E-state index in [4.69, 9.17) is 9.47 Å². The molecule has 0 radical (unpaired) electrons. The lowest BCUT2D eigenvalue weighted by Crippen LogP contribution is -2.21. The van der Waals surface area contributed by atoms with Crippen LogP contribution in [0.15, 0.2) is 48.5 Å². The first-order valence-electron chi connectivity index (χ1n) is 7.08. The lowest BCUT2D eigenvalue weighted by atomic mass is 10.1. The Labute approximate surface area is 141 Å². The highest BCUT2D eigenvalue weighted by molar-refractivity contribution is 5.95. The lowest BCUT2D eigenvalue weighted by molar-refractivity contribution is -0.137. The largest absolute Gasteiger partial charge is 0.497 e. The average molecular weight is 353 g/mol. The fourth-order valence-electron chi connectivity index (χ4n) is 1.88. The minimum absolute atomic E-state index is 0.0785. The predicted molar refractivity (Wildman–Crippen MR) is 83.4 cm³/mol. The molecule has 0 unspecified atom stereocenters. The fourth-order valence-corrected chi connectivity index (χ4v) is 1.88. The third kappa shape index (κ3) is 5.23. The van der Waals surface area contributed by atoms with Crippen molar-refractivity contribution < 1.29 is 32.2 Å². The monoisotopic (exact) mass is 353 g/mol. The third-order valence-electron chi connectivity index (χ3n) is 3.16. The Bertz CT molecular complexity index is 740. The summed E-state index contributed by atoms with van der Waals surface area (Å²) in [7, 11) is 1.51. The molecule has 0 aliphatic carbocycles. The van der Waals surface area contributed by atoms with Crippen LogP contribution in [0.2, 0.25) is 0 Å². The van der Waals surface area contributed by atoms with Crippen molar-refractivity contribution in [3.05, 3.63) is 59.7 Å². The summed E-state index contributed by atoms with van der Waals surface area (Å²) >= 11 is 0. The first-order chi connectivity index (χ1) is 11.8. The normalized spacial score (nSPS) is 10.9. The highest BCUT2D eigenvalue weighted by Crippen LogP contribution is 2.29. The molecule has 0 fully saturated rings. The van der Waals surface area contributed by atoms with Crippen LogP contribution < -0.4 is 10.1 Å². The molecule has 0 saturated carbocycles. The van der Waals surface area contributed by atoms with Gasteiger partial charge in [0.15, 0.2) is 6.61 Å². The number of benzene rings is 2. The summed E-state index contributed by atoms with van der Waals surface area (Å²) in [4.78, 5) is 23.5.